The molecule has 2 fully saturated rings. The molecule has 2 rings (SSSR count). The molecule has 0 aliphatic carbocycles. The molecule has 0 bridgehead atoms. The molecular formula is C53H96N10O14S. The Morgan fingerprint density at radius 3 is 1.69 bits per heavy atom. The molecule has 0 radical (unpaired) electrons. The van der Waals surface area contributed by atoms with E-state index in [1.807, 2.05) is 32.5 Å². The third-order valence-corrected chi connectivity index (χ3v) is 14.2. The number of nitrogens with one attached hydrogen (secondary N) is 8. The van der Waals surface area contributed by atoms with Gasteiger partial charge in [0, 0.05) is 68.8 Å². The van der Waals surface area contributed by atoms with Crippen LogP contribution in [0.3, 0.4) is 0 Å². The molecule has 6 atom stereocenters. The van der Waals surface area contributed by atoms with Crippen LogP contribution in [0.1, 0.15) is 150 Å². The SMILES string of the molecule is CCCC(=O)[C@H](CCCCNC(=O)CCCC(=O)NCCOCCOCC(=O)NCCOCCOCC(=O)NCCCC[C@H](CC)C(N)=O)NC(=O)CCCC[C@@H]1SC[C@@H]2NC(=O)N[C@@H]21.CCCC[C@H](NCC(C)=O)C(N)=O. The molecule has 2 saturated heterocycles. The second kappa shape index (κ2) is 45.9. The highest BCUT2D eigenvalue weighted by molar-refractivity contribution is 8.00. The minimum Gasteiger partial charge on any atom is -0.377 e. The maximum atomic E-state index is 12.7. The van der Waals surface area contributed by atoms with Gasteiger partial charge in [0.2, 0.25) is 41.4 Å². The topological polar surface area (TPSA) is 356 Å². The number of fused-ring (bicyclic) bond motifs is 1. The molecule has 24 nitrogen and oxygen atoms in total. The Balaban J connectivity index is 0.00000205. The number of urea groups is 1. The number of amides is 9. The second-order valence-electron chi connectivity index (χ2n) is 19.5. The summed E-state index contributed by atoms with van der Waals surface area (Å²) in [6, 6.07) is -0.665. The first-order valence-electron chi connectivity index (χ1n) is 28.2. The van der Waals surface area contributed by atoms with E-state index in [-0.39, 0.29) is 162 Å². The zero-order valence-corrected chi connectivity index (χ0v) is 47.9. The summed E-state index contributed by atoms with van der Waals surface area (Å²) in [6.45, 7) is 10.4. The third kappa shape index (κ3) is 37.0. The minimum absolute atomic E-state index is 0.0164. The molecule has 2 aliphatic rings. The Bertz CT molecular complexity index is 1780. The zero-order valence-electron chi connectivity index (χ0n) is 47.1. The van der Waals surface area contributed by atoms with Gasteiger partial charge in [-0.1, -0.05) is 46.5 Å². The van der Waals surface area contributed by atoms with E-state index >= 15 is 0 Å². The number of carbonyl (C=O) groups excluding carboxylic acids is 10. The molecule has 0 saturated carbocycles. The van der Waals surface area contributed by atoms with Gasteiger partial charge >= 0.3 is 6.03 Å². The summed E-state index contributed by atoms with van der Waals surface area (Å²) in [5, 5.41) is 23.1. The summed E-state index contributed by atoms with van der Waals surface area (Å²) in [7, 11) is 0. The number of Topliss-reactive ketones (excluding diaryl/α,β-unsaturated/α-hetero) is 2. The van der Waals surface area contributed by atoms with Crippen LogP contribution in [0.5, 0.6) is 0 Å². The van der Waals surface area contributed by atoms with Gasteiger partial charge in [-0.15, -0.1) is 0 Å². The summed E-state index contributed by atoms with van der Waals surface area (Å²) in [6.07, 6.45) is 12.3. The van der Waals surface area contributed by atoms with Crippen molar-refractivity contribution < 1.29 is 66.9 Å². The number of carbonyl (C=O) groups is 10. The molecule has 78 heavy (non-hydrogen) atoms. The van der Waals surface area contributed by atoms with Crippen molar-refractivity contribution >= 4 is 70.7 Å². The molecule has 2 heterocycles. The predicted octanol–water partition coefficient (Wildman–Crippen LogP) is 1.33. The maximum Gasteiger partial charge on any atom is 0.315 e. The van der Waals surface area contributed by atoms with Crippen LogP contribution in [0.2, 0.25) is 0 Å². The molecule has 0 spiro atoms. The van der Waals surface area contributed by atoms with Crippen LogP contribution in [0.15, 0.2) is 0 Å². The summed E-state index contributed by atoms with van der Waals surface area (Å²) in [4.78, 5) is 118. The van der Waals surface area contributed by atoms with Gasteiger partial charge < -0.3 is 67.6 Å². The van der Waals surface area contributed by atoms with Crippen LogP contribution in [0.4, 0.5) is 4.79 Å². The van der Waals surface area contributed by atoms with E-state index in [1.54, 1.807) is 0 Å². The summed E-state index contributed by atoms with van der Waals surface area (Å²) < 4.78 is 21.4. The maximum absolute atomic E-state index is 12.7. The van der Waals surface area contributed by atoms with Gasteiger partial charge in [-0.3, -0.25) is 48.5 Å². The van der Waals surface area contributed by atoms with E-state index in [0.717, 1.165) is 50.7 Å². The van der Waals surface area contributed by atoms with Crippen molar-refractivity contribution in [1.82, 2.24) is 42.5 Å². The van der Waals surface area contributed by atoms with Crippen LogP contribution in [-0.4, -0.2) is 180 Å². The van der Waals surface area contributed by atoms with Crippen molar-refractivity contribution in [2.24, 2.45) is 17.4 Å². The number of rotatable bonds is 48. The fraction of sp³-hybridized carbons (Fsp3) is 0.811. The van der Waals surface area contributed by atoms with Gasteiger partial charge in [0.25, 0.3) is 0 Å². The highest BCUT2D eigenvalue weighted by Crippen LogP contribution is 2.33. The lowest BCUT2D eigenvalue weighted by Crippen LogP contribution is -2.43. The lowest BCUT2D eigenvalue weighted by atomic mass is 9.99. The molecule has 448 valence electrons. The summed E-state index contributed by atoms with van der Waals surface area (Å²) >= 11 is 1.85. The summed E-state index contributed by atoms with van der Waals surface area (Å²) in [5.74, 6) is -0.834. The first-order valence-corrected chi connectivity index (χ1v) is 29.3. The van der Waals surface area contributed by atoms with Gasteiger partial charge in [-0.2, -0.15) is 11.8 Å². The number of thioether (sulfide) groups is 1. The van der Waals surface area contributed by atoms with Crippen molar-refractivity contribution in [3.63, 3.8) is 0 Å². The van der Waals surface area contributed by atoms with Gasteiger partial charge in [-0.25, -0.2) is 4.79 Å². The molecule has 12 N–H and O–H groups in total. The Hall–Kier alpha value is -4.95. The number of ether oxygens (including phenoxy) is 4. The third-order valence-electron chi connectivity index (χ3n) is 12.7. The van der Waals surface area contributed by atoms with E-state index in [1.165, 1.54) is 6.92 Å². The fourth-order valence-electron chi connectivity index (χ4n) is 8.27. The van der Waals surface area contributed by atoms with Crippen molar-refractivity contribution in [2.75, 3.05) is 91.3 Å². The van der Waals surface area contributed by atoms with Crippen LogP contribution < -0.4 is 54.0 Å². The van der Waals surface area contributed by atoms with Crippen molar-refractivity contribution in [1.29, 1.82) is 0 Å². The fourth-order valence-corrected chi connectivity index (χ4v) is 9.81. The van der Waals surface area contributed by atoms with E-state index < -0.39 is 6.04 Å². The Morgan fingerprint density at radius 2 is 1.13 bits per heavy atom. The average molecular weight is 1130 g/mol. The van der Waals surface area contributed by atoms with E-state index in [9.17, 15) is 47.9 Å². The molecule has 0 unspecified atom stereocenters. The van der Waals surface area contributed by atoms with Gasteiger partial charge in [-0.05, 0) is 77.6 Å². The van der Waals surface area contributed by atoms with E-state index in [4.69, 9.17) is 30.4 Å². The summed E-state index contributed by atoms with van der Waals surface area (Å²) in [5.41, 5.74) is 10.5. The molecule has 25 heteroatoms. The average Bonchev–Trinajstić information content (AvgIpc) is 3.96. The van der Waals surface area contributed by atoms with Gasteiger partial charge in [0.1, 0.15) is 19.0 Å². The number of nitrogens with two attached hydrogens (primary N) is 2. The number of hydrogen-bond acceptors (Lipinski definition) is 16. The van der Waals surface area contributed by atoms with Crippen LogP contribution in [0.25, 0.3) is 0 Å². The van der Waals surface area contributed by atoms with Crippen LogP contribution >= 0.6 is 11.8 Å². The molecule has 0 aromatic rings. The Morgan fingerprint density at radius 1 is 0.577 bits per heavy atom. The molecular weight excluding hydrogens is 1030 g/mol. The smallest absolute Gasteiger partial charge is 0.315 e. The second-order valence-corrected chi connectivity index (χ2v) is 20.7. The molecule has 0 aromatic carbocycles. The zero-order chi connectivity index (χ0) is 57.8. The quantitative estimate of drug-likeness (QED) is 0.0303. The number of unbranched alkanes of at least 4 members (excludes halogenated alkanes) is 4. The monoisotopic (exact) mass is 1130 g/mol. The van der Waals surface area contributed by atoms with E-state index in [0.29, 0.717) is 89.1 Å². The highest BCUT2D eigenvalue weighted by atomic mass is 32.2. The number of primary amides is 2. The first kappa shape index (κ1) is 71.1. The molecule has 9 amide bonds. The molecule has 0 aromatic heterocycles. The Labute approximate surface area is 466 Å². The first-order chi connectivity index (χ1) is 37.5. The number of ketones is 2. The van der Waals surface area contributed by atoms with Crippen molar-refractivity contribution in [3.8, 4) is 0 Å². The molecule has 2 aliphatic heterocycles. The van der Waals surface area contributed by atoms with Crippen LogP contribution in [-0.2, 0) is 62.1 Å². The normalized spacial score (nSPS) is 16.5. The van der Waals surface area contributed by atoms with Gasteiger partial charge in [0.15, 0.2) is 5.78 Å². The lowest BCUT2D eigenvalue weighted by molar-refractivity contribution is -0.128. The minimum atomic E-state index is -0.536. The van der Waals surface area contributed by atoms with Crippen LogP contribution in [0, 0.1) is 5.92 Å². The van der Waals surface area contributed by atoms with E-state index in [2.05, 4.69) is 42.5 Å². The van der Waals surface area contributed by atoms with Crippen molar-refractivity contribution in [3.05, 3.63) is 0 Å². The number of hydrogen-bond donors (Lipinski definition) is 10. The Kier molecular flexibility index (Phi) is 41.8. The van der Waals surface area contributed by atoms with Crippen molar-refractivity contribution in [2.45, 2.75) is 179 Å². The highest BCUT2D eigenvalue weighted by Gasteiger charge is 2.42. The largest absolute Gasteiger partial charge is 0.377 e. The lowest BCUT2D eigenvalue weighted by Gasteiger charge is -2.18. The predicted molar refractivity (Wildman–Crippen MR) is 297 cm³/mol. The van der Waals surface area contributed by atoms with Gasteiger partial charge in [0.05, 0.1) is 70.4 Å². The standard InChI is InChI=1S/C44H78N8O12S.C9H18N2O2/c1-3-12-35(53)33(50-39(56)16-6-5-15-36-42-34(31-65-36)51-44(60)52-42)14-8-10-19-46-37(54)17-11-18-38(55)48-21-23-61-25-28-64-30-41(58)49-22-24-62-26-27-63-29-40(57)47-20-9-7-13-32(4-2)43(45)59;1-3-4-5-8(9(10)13)11-6-7(2)12/h32-34,36,42H,3-31H2,1-2H3,(H2,45,59)(H,46,54)(H,47,57)(H,48,55)(H,49,58)(H,50,56)(H2,51,52,60);8,11H,3-6H2,1-2H3,(H2,10,13)/t32-,33-,34-,36-,42-;8-/m00/s1.